The maximum atomic E-state index is 5.03. The Hall–Kier alpha value is -2.89. The summed E-state index contributed by atoms with van der Waals surface area (Å²) in [6.07, 6.45) is 0. The topological polar surface area (TPSA) is 75.9 Å². The third-order valence-corrected chi connectivity index (χ3v) is 3.32. The second-order valence-electron chi connectivity index (χ2n) is 5.51. The Bertz CT molecular complexity index is 795. The number of hydrogen-bond donors (Lipinski definition) is 2. The van der Waals surface area contributed by atoms with Crippen LogP contribution in [0.1, 0.15) is 22.6 Å². The lowest BCUT2D eigenvalue weighted by Crippen LogP contribution is -2.05. The maximum absolute atomic E-state index is 5.03. The minimum atomic E-state index is 0.490. The molecule has 0 amide bonds. The summed E-state index contributed by atoms with van der Waals surface area (Å²) in [6.45, 7) is 6.55. The summed E-state index contributed by atoms with van der Waals surface area (Å²) >= 11 is 0. The Morgan fingerprint density at radius 1 is 0.957 bits per heavy atom. The molecule has 0 saturated heterocycles. The Morgan fingerprint density at radius 3 is 2.43 bits per heavy atom. The largest absolute Gasteiger partial charge is 0.366 e. The number of anilines is 3. The molecule has 2 aromatic heterocycles. The molecule has 0 aliphatic carbocycles. The van der Waals surface area contributed by atoms with Crippen molar-refractivity contribution >= 4 is 17.6 Å². The van der Waals surface area contributed by atoms with Crippen molar-refractivity contribution < 1.29 is 4.52 Å². The molecule has 0 saturated carbocycles. The molecule has 118 valence electrons. The van der Waals surface area contributed by atoms with Crippen LogP contribution >= 0.6 is 0 Å². The third kappa shape index (κ3) is 4.06. The van der Waals surface area contributed by atoms with Crippen LogP contribution in [0.4, 0.5) is 17.6 Å². The minimum absolute atomic E-state index is 0.490. The number of aryl methyl sites for hydroxylation is 3. The maximum Gasteiger partial charge on any atom is 0.230 e. The van der Waals surface area contributed by atoms with Gasteiger partial charge in [0.25, 0.3) is 0 Å². The van der Waals surface area contributed by atoms with Crippen LogP contribution < -0.4 is 10.6 Å². The van der Waals surface area contributed by atoms with Gasteiger partial charge in [-0.2, -0.15) is 4.98 Å². The highest BCUT2D eigenvalue weighted by Crippen LogP contribution is 2.16. The fraction of sp³-hybridized carbons (Fsp3) is 0.235. The van der Waals surface area contributed by atoms with Gasteiger partial charge in [-0.3, -0.25) is 0 Å². The minimum Gasteiger partial charge on any atom is -0.366 e. The quantitative estimate of drug-likeness (QED) is 0.747. The van der Waals surface area contributed by atoms with Gasteiger partial charge < -0.3 is 15.2 Å². The van der Waals surface area contributed by atoms with Gasteiger partial charge in [0.2, 0.25) is 5.95 Å². The van der Waals surface area contributed by atoms with Gasteiger partial charge in [-0.1, -0.05) is 35.0 Å². The van der Waals surface area contributed by atoms with Crippen LogP contribution in [0.15, 0.2) is 40.9 Å². The molecule has 0 unspecified atom stereocenters. The highest BCUT2D eigenvalue weighted by Gasteiger charge is 2.06. The highest BCUT2D eigenvalue weighted by atomic mass is 16.5. The van der Waals surface area contributed by atoms with Gasteiger partial charge in [0, 0.05) is 24.4 Å². The van der Waals surface area contributed by atoms with Crippen LogP contribution in [0.3, 0.4) is 0 Å². The number of nitrogens with one attached hydrogen (secondary N) is 2. The zero-order valence-electron chi connectivity index (χ0n) is 13.4. The summed E-state index contributed by atoms with van der Waals surface area (Å²) in [6, 6.07) is 12.1. The Balaban J connectivity index is 1.70. The lowest BCUT2D eigenvalue weighted by atomic mass is 10.1. The van der Waals surface area contributed by atoms with Crippen molar-refractivity contribution in [1.82, 2.24) is 15.1 Å². The van der Waals surface area contributed by atoms with E-state index in [1.165, 1.54) is 11.1 Å². The summed E-state index contributed by atoms with van der Waals surface area (Å²) in [5, 5.41) is 10.2. The van der Waals surface area contributed by atoms with Crippen LogP contribution in [0, 0.1) is 20.8 Å². The monoisotopic (exact) mass is 309 g/mol. The van der Waals surface area contributed by atoms with Crippen LogP contribution in [-0.2, 0) is 6.54 Å². The van der Waals surface area contributed by atoms with E-state index in [0.29, 0.717) is 18.3 Å². The van der Waals surface area contributed by atoms with Crippen molar-refractivity contribution in [3.05, 3.63) is 59.0 Å². The Kier molecular flexibility index (Phi) is 4.23. The molecule has 1 aromatic carbocycles. The molecular weight excluding hydrogens is 290 g/mol. The first-order valence-electron chi connectivity index (χ1n) is 7.44. The van der Waals surface area contributed by atoms with Crippen LogP contribution in [0.2, 0.25) is 0 Å². The highest BCUT2D eigenvalue weighted by molar-refractivity contribution is 5.51. The van der Waals surface area contributed by atoms with Gasteiger partial charge >= 0.3 is 0 Å². The number of hydrogen-bond acceptors (Lipinski definition) is 6. The van der Waals surface area contributed by atoms with Crippen LogP contribution in [0.5, 0.6) is 0 Å². The molecule has 3 rings (SSSR count). The van der Waals surface area contributed by atoms with E-state index in [9.17, 15) is 0 Å². The van der Waals surface area contributed by atoms with E-state index in [1.54, 1.807) is 6.07 Å². The number of benzene rings is 1. The van der Waals surface area contributed by atoms with Gasteiger partial charge in [0.15, 0.2) is 5.82 Å². The van der Waals surface area contributed by atoms with Gasteiger partial charge in [-0.05, 0) is 26.3 Å². The predicted octanol–water partition coefficient (Wildman–Crippen LogP) is 3.75. The van der Waals surface area contributed by atoms with Crippen LogP contribution in [0.25, 0.3) is 0 Å². The molecule has 0 fully saturated rings. The molecular formula is C17H19N5O. The van der Waals surface area contributed by atoms with Crippen molar-refractivity contribution in [3.63, 3.8) is 0 Å². The number of nitrogens with zero attached hydrogens (tertiary/aromatic N) is 3. The van der Waals surface area contributed by atoms with E-state index >= 15 is 0 Å². The molecule has 2 heterocycles. The second-order valence-corrected chi connectivity index (χ2v) is 5.51. The summed E-state index contributed by atoms with van der Waals surface area (Å²) in [5.41, 5.74) is 3.32. The molecule has 2 N–H and O–H groups in total. The first-order chi connectivity index (χ1) is 11.1. The van der Waals surface area contributed by atoms with Gasteiger partial charge in [-0.25, -0.2) is 4.98 Å². The summed E-state index contributed by atoms with van der Waals surface area (Å²) < 4.78 is 5.03. The Morgan fingerprint density at radius 2 is 1.74 bits per heavy atom. The standard InChI is InChI=1S/C17H19N5O/c1-11-4-6-14(7-5-11)10-18-15-8-12(2)19-17(20-15)21-16-9-13(3)23-22-16/h4-9H,10H2,1-3H3,(H2,18,19,20,21,22). The molecule has 0 spiro atoms. The van der Waals surface area contributed by atoms with E-state index in [2.05, 4.69) is 56.9 Å². The van der Waals surface area contributed by atoms with Crippen molar-refractivity contribution in [2.75, 3.05) is 10.6 Å². The summed E-state index contributed by atoms with van der Waals surface area (Å²) in [7, 11) is 0. The molecule has 0 bridgehead atoms. The molecule has 6 heteroatoms. The summed E-state index contributed by atoms with van der Waals surface area (Å²) in [4.78, 5) is 8.82. The van der Waals surface area contributed by atoms with Crippen LogP contribution in [-0.4, -0.2) is 15.1 Å². The number of aromatic nitrogens is 3. The van der Waals surface area contributed by atoms with Crippen molar-refractivity contribution in [2.24, 2.45) is 0 Å². The zero-order chi connectivity index (χ0) is 16.2. The predicted molar refractivity (Wildman–Crippen MR) is 89.8 cm³/mol. The first kappa shape index (κ1) is 15.0. The zero-order valence-corrected chi connectivity index (χ0v) is 13.4. The van der Waals surface area contributed by atoms with E-state index in [4.69, 9.17) is 4.52 Å². The van der Waals surface area contributed by atoms with E-state index in [0.717, 1.165) is 17.3 Å². The Labute approximate surface area is 135 Å². The lowest BCUT2D eigenvalue weighted by Gasteiger charge is -2.09. The molecule has 0 aliphatic heterocycles. The fourth-order valence-corrected chi connectivity index (χ4v) is 2.15. The lowest BCUT2D eigenvalue weighted by molar-refractivity contribution is 0.400. The first-order valence-corrected chi connectivity index (χ1v) is 7.44. The SMILES string of the molecule is Cc1ccc(CNc2cc(C)nc(Nc3cc(C)on3)n2)cc1. The van der Waals surface area contributed by atoms with E-state index < -0.39 is 0 Å². The molecule has 23 heavy (non-hydrogen) atoms. The van der Waals surface area contributed by atoms with Gasteiger partial charge in [0.1, 0.15) is 11.6 Å². The smallest absolute Gasteiger partial charge is 0.230 e. The average Bonchev–Trinajstić information content (AvgIpc) is 2.91. The van der Waals surface area contributed by atoms with Crippen molar-refractivity contribution in [1.29, 1.82) is 0 Å². The average molecular weight is 309 g/mol. The molecule has 0 radical (unpaired) electrons. The normalized spacial score (nSPS) is 10.6. The van der Waals surface area contributed by atoms with E-state index in [-0.39, 0.29) is 0 Å². The fourth-order valence-electron chi connectivity index (χ4n) is 2.15. The third-order valence-electron chi connectivity index (χ3n) is 3.32. The molecule has 6 nitrogen and oxygen atoms in total. The van der Waals surface area contributed by atoms with Gasteiger partial charge in [0.05, 0.1) is 0 Å². The number of rotatable bonds is 5. The molecule has 0 aliphatic rings. The molecule has 3 aromatic rings. The summed E-state index contributed by atoms with van der Waals surface area (Å²) in [5.74, 6) is 2.58. The van der Waals surface area contributed by atoms with Crippen molar-refractivity contribution in [2.45, 2.75) is 27.3 Å². The van der Waals surface area contributed by atoms with Crippen molar-refractivity contribution in [3.8, 4) is 0 Å². The second kappa shape index (κ2) is 6.48. The van der Waals surface area contributed by atoms with Gasteiger partial charge in [-0.15, -0.1) is 0 Å². The molecule has 0 atom stereocenters. The van der Waals surface area contributed by atoms with E-state index in [1.807, 2.05) is 19.9 Å².